The summed E-state index contributed by atoms with van der Waals surface area (Å²) in [6.07, 6.45) is 0.657. The van der Waals surface area contributed by atoms with Crippen molar-refractivity contribution in [3.8, 4) is 0 Å². The summed E-state index contributed by atoms with van der Waals surface area (Å²) in [5, 5.41) is 4.75. The fraction of sp³-hybridized carbons (Fsp3) is 1.00. The highest BCUT2D eigenvalue weighted by atomic mass is 32.2. The van der Waals surface area contributed by atoms with E-state index in [4.69, 9.17) is 9.88 Å². The molecule has 0 aliphatic heterocycles. The van der Waals surface area contributed by atoms with Crippen LogP contribution in [0.25, 0.3) is 0 Å². The van der Waals surface area contributed by atoms with Crippen LogP contribution in [0.3, 0.4) is 0 Å². The van der Waals surface area contributed by atoms with Gasteiger partial charge in [0, 0.05) is 13.2 Å². The zero-order valence-electron chi connectivity index (χ0n) is 6.70. The van der Waals surface area contributed by atoms with Crippen LogP contribution in [0.2, 0.25) is 0 Å². The summed E-state index contributed by atoms with van der Waals surface area (Å²) >= 11 is 0. The zero-order chi connectivity index (χ0) is 8.91. The molecule has 1 unspecified atom stereocenters. The van der Waals surface area contributed by atoms with E-state index in [0.29, 0.717) is 13.0 Å². The van der Waals surface area contributed by atoms with Crippen molar-refractivity contribution in [3.63, 3.8) is 0 Å². The van der Waals surface area contributed by atoms with E-state index in [2.05, 4.69) is 4.72 Å². The number of nitrogens with one attached hydrogen (secondary N) is 1. The van der Waals surface area contributed by atoms with Gasteiger partial charge in [-0.3, -0.25) is 0 Å². The first-order valence-electron chi connectivity index (χ1n) is 3.28. The number of methoxy groups -OCH3 is 1. The number of rotatable bonds is 5. The number of hydrogen-bond donors (Lipinski definition) is 2. The lowest BCUT2D eigenvalue weighted by molar-refractivity contribution is 0.173. The lowest BCUT2D eigenvalue weighted by atomic mass is 10.3. The van der Waals surface area contributed by atoms with Crippen LogP contribution in [-0.2, 0) is 14.9 Å². The average molecular weight is 182 g/mol. The Bertz CT molecular complexity index is 190. The monoisotopic (exact) mass is 182 g/mol. The van der Waals surface area contributed by atoms with Crippen LogP contribution in [0.5, 0.6) is 0 Å². The van der Waals surface area contributed by atoms with E-state index in [1.807, 2.05) is 6.92 Å². The third kappa shape index (κ3) is 6.24. The molecule has 0 aliphatic rings. The van der Waals surface area contributed by atoms with Crippen molar-refractivity contribution < 1.29 is 13.2 Å². The molecule has 0 aliphatic carbocycles. The van der Waals surface area contributed by atoms with E-state index in [1.165, 1.54) is 7.11 Å². The molecule has 11 heavy (non-hydrogen) atoms. The molecular weight excluding hydrogens is 168 g/mol. The molecule has 0 aromatic rings. The summed E-state index contributed by atoms with van der Waals surface area (Å²) in [7, 11) is -2.08. The van der Waals surface area contributed by atoms with E-state index < -0.39 is 10.2 Å². The van der Waals surface area contributed by atoms with Gasteiger partial charge in [-0.15, -0.1) is 0 Å². The summed E-state index contributed by atoms with van der Waals surface area (Å²) in [6, 6.07) is -0.227. The highest BCUT2D eigenvalue weighted by Crippen LogP contribution is 1.91. The van der Waals surface area contributed by atoms with E-state index in [0.717, 1.165) is 0 Å². The van der Waals surface area contributed by atoms with Gasteiger partial charge in [-0.2, -0.15) is 13.1 Å². The number of hydrogen-bond acceptors (Lipinski definition) is 3. The normalized spacial score (nSPS) is 14.8. The maximum Gasteiger partial charge on any atom is 0.274 e. The van der Waals surface area contributed by atoms with E-state index in [1.54, 1.807) is 0 Å². The van der Waals surface area contributed by atoms with Crippen LogP contribution in [0, 0.1) is 0 Å². The van der Waals surface area contributed by atoms with Gasteiger partial charge in [0.15, 0.2) is 0 Å². The predicted octanol–water partition coefficient (Wildman–Crippen LogP) is -0.795. The van der Waals surface area contributed by atoms with E-state index >= 15 is 0 Å². The summed E-state index contributed by atoms with van der Waals surface area (Å²) < 4.78 is 28.0. The fourth-order valence-electron chi connectivity index (χ4n) is 0.669. The Kier molecular flexibility index (Phi) is 4.58. The summed E-state index contributed by atoms with van der Waals surface area (Å²) in [5.74, 6) is 0. The van der Waals surface area contributed by atoms with Crippen molar-refractivity contribution in [2.45, 2.75) is 19.4 Å². The molecule has 0 radical (unpaired) electrons. The molecular formula is C5H14N2O3S. The van der Waals surface area contributed by atoms with Crippen molar-refractivity contribution in [2.75, 3.05) is 13.7 Å². The first-order valence-corrected chi connectivity index (χ1v) is 4.83. The van der Waals surface area contributed by atoms with Crippen LogP contribution in [-0.4, -0.2) is 28.2 Å². The highest BCUT2D eigenvalue weighted by molar-refractivity contribution is 7.87. The van der Waals surface area contributed by atoms with Crippen LogP contribution < -0.4 is 9.86 Å². The highest BCUT2D eigenvalue weighted by Gasteiger charge is 2.10. The minimum atomic E-state index is -3.59. The Balaban J connectivity index is 3.88. The number of nitrogens with two attached hydrogens (primary N) is 1. The van der Waals surface area contributed by atoms with Crippen molar-refractivity contribution in [1.29, 1.82) is 0 Å². The molecule has 0 heterocycles. The van der Waals surface area contributed by atoms with Crippen molar-refractivity contribution in [2.24, 2.45) is 5.14 Å². The second-order valence-corrected chi connectivity index (χ2v) is 3.55. The largest absolute Gasteiger partial charge is 0.383 e. The van der Waals surface area contributed by atoms with Gasteiger partial charge in [0.25, 0.3) is 10.2 Å². The molecule has 68 valence electrons. The molecule has 0 saturated carbocycles. The lowest BCUT2D eigenvalue weighted by Gasteiger charge is -2.12. The maximum absolute atomic E-state index is 10.5. The molecule has 0 bridgehead atoms. The first-order chi connectivity index (χ1) is 4.99. The third-order valence-electron chi connectivity index (χ3n) is 1.19. The molecule has 0 fully saturated rings. The standard InChI is InChI=1S/C5H14N2O3S/c1-3-5(4-10-2)7-11(6,8)9/h5,7H,3-4H2,1-2H3,(H2,6,8,9). The Morgan fingerprint density at radius 2 is 2.18 bits per heavy atom. The predicted molar refractivity (Wildman–Crippen MR) is 42.2 cm³/mol. The molecule has 0 aromatic carbocycles. The molecule has 0 spiro atoms. The minimum absolute atomic E-state index is 0.227. The van der Waals surface area contributed by atoms with Gasteiger partial charge in [-0.25, -0.2) is 5.14 Å². The Morgan fingerprint density at radius 1 is 1.64 bits per heavy atom. The molecule has 1 atom stereocenters. The molecule has 0 rings (SSSR count). The fourth-order valence-corrected chi connectivity index (χ4v) is 1.37. The van der Waals surface area contributed by atoms with Crippen LogP contribution in [0.1, 0.15) is 13.3 Å². The van der Waals surface area contributed by atoms with Gasteiger partial charge >= 0.3 is 0 Å². The first kappa shape index (κ1) is 10.8. The van der Waals surface area contributed by atoms with E-state index in [9.17, 15) is 8.42 Å². The quantitative estimate of drug-likeness (QED) is 0.584. The maximum atomic E-state index is 10.5. The average Bonchev–Trinajstić information content (AvgIpc) is 1.84. The zero-order valence-corrected chi connectivity index (χ0v) is 7.52. The van der Waals surface area contributed by atoms with Gasteiger partial charge in [-0.1, -0.05) is 6.92 Å². The molecule has 6 heteroatoms. The molecule has 0 saturated heterocycles. The topological polar surface area (TPSA) is 81.4 Å². The second kappa shape index (κ2) is 4.66. The smallest absolute Gasteiger partial charge is 0.274 e. The summed E-state index contributed by atoms with van der Waals surface area (Å²) in [5.41, 5.74) is 0. The van der Waals surface area contributed by atoms with Crippen molar-refractivity contribution in [1.82, 2.24) is 4.72 Å². The van der Waals surface area contributed by atoms with Gasteiger partial charge < -0.3 is 4.74 Å². The van der Waals surface area contributed by atoms with Gasteiger partial charge in [0.2, 0.25) is 0 Å². The molecule has 0 amide bonds. The summed E-state index contributed by atoms with van der Waals surface area (Å²) in [4.78, 5) is 0. The van der Waals surface area contributed by atoms with Crippen LogP contribution in [0.4, 0.5) is 0 Å². The van der Waals surface area contributed by atoms with Gasteiger partial charge in [-0.05, 0) is 6.42 Å². The third-order valence-corrected chi connectivity index (χ3v) is 1.85. The van der Waals surface area contributed by atoms with Crippen molar-refractivity contribution >= 4 is 10.2 Å². The van der Waals surface area contributed by atoms with Gasteiger partial charge in [0.05, 0.1) is 6.61 Å². The van der Waals surface area contributed by atoms with Crippen LogP contribution in [0.15, 0.2) is 0 Å². The lowest BCUT2D eigenvalue weighted by Crippen LogP contribution is -2.41. The van der Waals surface area contributed by atoms with Crippen molar-refractivity contribution in [3.05, 3.63) is 0 Å². The second-order valence-electron chi connectivity index (χ2n) is 2.22. The Hall–Kier alpha value is -0.170. The number of ether oxygens (including phenoxy) is 1. The Labute approximate surface area is 67.1 Å². The Morgan fingerprint density at radius 3 is 2.45 bits per heavy atom. The molecule has 3 N–H and O–H groups in total. The van der Waals surface area contributed by atoms with E-state index in [-0.39, 0.29) is 6.04 Å². The van der Waals surface area contributed by atoms with Gasteiger partial charge in [0.1, 0.15) is 0 Å². The van der Waals surface area contributed by atoms with Crippen LogP contribution >= 0.6 is 0 Å². The summed E-state index contributed by atoms with van der Waals surface area (Å²) in [6.45, 7) is 2.19. The molecule has 0 aromatic heterocycles. The minimum Gasteiger partial charge on any atom is -0.383 e. The SMILES string of the molecule is CCC(COC)NS(N)(=O)=O. The molecule has 5 nitrogen and oxygen atoms in total.